The van der Waals surface area contributed by atoms with E-state index < -0.39 is 0 Å². The van der Waals surface area contributed by atoms with Gasteiger partial charge in [0.2, 0.25) is 11.8 Å². The minimum atomic E-state index is -0.136. The van der Waals surface area contributed by atoms with Crippen molar-refractivity contribution in [3.05, 3.63) is 23.8 Å². The van der Waals surface area contributed by atoms with Gasteiger partial charge in [-0.1, -0.05) is 6.07 Å². The van der Waals surface area contributed by atoms with E-state index in [1.165, 1.54) is 0 Å². The number of benzene rings is 1. The Balaban J connectivity index is 1.94. The van der Waals surface area contributed by atoms with Gasteiger partial charge in [-0.2, -0.15) is 0 Å². The van der Waals surface area contributed by atoms with Crippen molar-refractivity contribution in [1.29, 1.82) is 0 Å². The number of piperazine rings is 1. The van der Waals surface area contributed by atoms with Gasteiger partial charge >= 0.3 is 0 Å². The van der Waals surface area contributed by atoms with Crippen LogP contribution in [0.3, 0.4) is 0 Å². The van der Waals surface area contributed by atoms with Crippen LogP contribution in [0.4, 0.5) is 11.4 Å². The van der Waals surface area contributed by atoms with Crippen LogP contribution in [0.2, 0.25) is 0 Å². The summed E-state index contributed by atoms with van der Waals surface area (Å²) in [6.45, 7) is 3.61. The minimum absolute atomic E-state index is 0.0424. The summed E-state index contributed by atoms with van der Waals surface area (Å²) >= 11 is 0. The van der Waals surface area contributed by atoms with Crippen molar-refractivity contribution in [2.45, 2.75) is 6.92 Å². The molecule has 1 aliphatic rings. The summed E-state index contributed by atoms with van der Waals surface area (Å²) < 4.78 is 0. The number of nitrogens with zero attached hydrogens (tertiary/aromatic N) is 1. The Labute approximate surface area is 112 Å². The third kappa shape index (κ3) is 3.45. The van der Waals surface area contributed by atoms with Gasteiger partial charge in [-0.3, -0.25) is 14.5 Å². The SMILES string of the molecule is Cc1c(N)cccc1NC(=O)CN1CCNC(=O)C1. The summed E-state index contributed by atoms with van der Waals surface area (Å²) in [6.07, 6.45) is 0. The zero-order valence-corrected chi connectivity index (χ0v) is 10.9. The molecule has 0 unspecified atom stereocenters. The third-order valence-electron chi connectivity index (χ3n) is 3.13. The van der Waals surface area contributed by atoms with Crippen LogP contribution in [0, 0.1) is 6.92 Å². The van der Waals surface area contributed by atoms with E-state index in [2.05, 4.69) is 10.6 Å². The molecule has 0 saturated carbocycles. The van der Waals surface area contributed by atoms with E-state index in [0.29, 0.717) is 24.5 Å². The van der Waals surface area contributed by atoms with E-state index in [-0.39, 0.29) is 24.9 Å². The molecule has 1 aromatic carbocycles. The number of rotatable bonds is 3. The number of carbonyl (C=O) groups excluding carboxylic acids is 2. The van der Waals surface area contributed by atoms with E-state index in [1.54, 1.807) is 12.1 Å². The number of carbonyl (C=O) groups is 2. The predicted octanol–water partition coefficient (Wildman–Crippen LogP) is -0.0525. The molecule has 1 heterocycles. The van der Waals surface area contributed by atoms with Crippen molar-refractivity contribution in [3.8, 4) is 0 Å². The normalized spacial score (nSPS) is 15.9. The maximum absolute atomic E-state index is 11.9. The second kappa shape index (κ2) is 5.71. The van der Waals surface area contributed by atoms with Crippen molar-refractivity contribution in [3.63, 3.8) is 0 Å². The van der Waals surface area contributed by atoms with Crippen LogP contribution in [-0.2, 0) is 9.59 Å². The predicted molar refractivity (Wildman–Crippen MR) is 73.7 cm³/mol. The van der Waals surface area contributed by atoms with Gasteiger partial charge in [0.1, 0.15) is 0 Å². The highest BCUT2D eigenvalue weighted by Gasteiger charge is 2.18. The van der Waals surface area contributed by atoms with Gasteiger partial charge in [-0.15, -0.1) is 0 Å². The van der Waals surface area contributed by atoms with E-state index in [9.17, 15) is 9.59 Å². The fourth-order valence-corrected chi connectivity index (χ4v) is 2.01. The van der Waals surface area contributed by atoms with Crippen molar-refractivity contribution >= 4 is 23.2 Å². The van der Waals surface area contributed by atoms with E-state index >= 15 is 0 Å². The number of hydrogen-bond donors (Lipinski definition) is 3. The molecule has 1 fully saturated rings. The second-order valence-corrected chi connectivity index (χ2v) is 4.63. The molecule has 2 rings (SSSR count). The monoisotopic (exact) mass is 262 g/mol. The lowest BCUT2D eigenvalue weighted by molar-refractivity contribution is -0.125. The summed E-state index contributed by atoms with van der Waals surface area (Å²) in [7, 11) is 0. The number of anilines is 2. The average molecular weight is 262 g/mol. The maximum atomic E-state index is 11.9. The summed E-state index contributed by atoms with van der Waals surface area (Å²) in [5.41, 5.74) is 8.00. The first kappa shape index (κ1) is 13.4. The fraction of sp³-hybridized carbons (Fsp3) is 0.385. The molecule has 6 nitrogen and oxygen atoms in total. The van der Waals surface area contributed by atoms with Crippen LogP contribution < -0.4 is 16.4 Å². The average Bonchev–Trinajstić information content (AvgIpc) is 2.35. The third-order valence-corrected chi connectivity index (χ3v) is 3.13. The van der Waals surface area contributed by atoms with Crippen LogP contribution in [0.15, 0.2) is 18.2 Å². The summed E-state index contributed by atoms with van der Waals surface area (Å²) in [6, 6.07) is 5.40. The van der Waals surface area contributed by atoms with Crippen molar-refractivity contribution in [2.75, 3.05) is 37.2 Å². The second-order valence-electron chi connectivity index (χ2n) is 4.63. The molecule has 0 aromatic heterocycles. The molecule has 0 aliphatic carbocycles. The Bertz CT molecular complexity index is 501. The lowest BCUT2D eigenvalue weighted by Crippen LogP contribution is -2.49. The van der Waals surface area contributed by atoms with Gasteiger partial charge in [-0.05, 0) is 24.6 Å². The Morgan fingerprint density at radius 1 is 1.53 bits per heavy atom. The Hall–Kier alpha value is -2.08. The van der Waals surface area contributed by atoms with Crippen molar-refractivity contribution < 1.29 is 9.59 Å². The molecular formula is C13H18N4O2. The zero-order chi connectivity index (χ0) is 13.8. The lowest BCUT2D eigenvalue weighted by atomic mass is 10.1. The number of nitrogens with one attached hydrogen (secondary N) is 2. The van der Waals surface area contributed by atoms with Gasteiger partial charge in [0.25, 0.3) is 0 Å². The molecule has 0 bridgehead atoms. The molecule has 4 N–H and O–H groups in total. The first-order valence-corrected chi connectivity index (χ1v) is 6.20. The smallest absolute Gasteiger partial charge is 0.238 e. The first-order chi connectivity index (χ1) is 9.06. The fourth-order valence-electron chi connectivity index (χ4n) is 2.01. The van der Waals surface area contributed by atoms with Crippen LogP contribution in [0.1, 0.15) is 5.56 Å². The molecule has 1 aliphatic heterocycles. The van der Waals surface area contributed by atoms with Crippen LogP contribution in [-0.4, -0.2) is 42.9 Å². The molecule has 0 radical (unpaired) electrons. The molecule has 0 atom stereocenters. The number of hydrogen-bond acceptors (Lipinski definition) is 4. The van der Waals surface area contributed by atoms with Crippen LogP contribution in [0.25, 0.3) is 0 Å². The first-order valence-electron chi connectivity index (χ1n) is 6.20. The maximum Gasteiger partial charge on any atom is 0.238 e. The van der Waals surface area contributed by atoms with Crippen molar-refractivity contribution in [1.82, 2.24) is 10.2 Å². The molecule has 6 heteroatoms. The van der Waals surface area contributed by atoms with Gasteiger partial charge in [0, 0.05) is 24.5 Å². The zero-order valence-electron chi connectivity index (χ0n) is 10.9. The van der Waals surface area contributed by atoms with Gasteiger partial charge < -0.3 is 16.4 Å². The molecule has 2 amide bonds. The highest BCUT2D eigenvalue weighted by Crippen LogP contribution is 2.20. The van der Waals surface area contributed by atoms with E-state index in [1.807, 2.05) is 17.9 Å². The van der Waals surface area contributed by atoms with Crippen molar-refractivity contribution in [2.24, 2.45) is 0 Å². The van der Waals surface area contributed by atoms with E-state index in [0.717, 1.165) is 5.56 Å². The minimum Gasteiger partial charge on any atom is -0.398 e. The standard InChI is InChI=1S/C13H18N4O2/c1-9-10(14)3-2-4-11(9)16-13(19)8-17-6-5-15-12(18)7-17/h2-4H,5-8,14H2,1H3,(H,15,18)(H,16,19). The summed E-state index contributed by atoms with van der Waals surface area (Å²) in [4.78, 5) is 25.0. The summed E-state index contributed by atoms with van der Waals surface area (Å²) in [5.74, 6) is -0.178. The lowest BCUT2D eigenvalue weighted by Gasteiger charge is -2.25. The number of nitrogens with two attached hydrogens (primary N) is 1. The molecule has 0 spiro atoms. The molecule has 102 valence electrons. The Morgan fingerprint density at radius 2 is 2.32 bits per heavy atom. The highest BCUT2D eigenvalue weighted by molar-refractivity contribution is 5.94. The van der Waals surface area contributed by atoms with Crippen LogP contribution in [0.5, 0.6) is 0 Å². The number of nitrogen functional groups attached to an aromatic ring is 1. The number of amides is 2. The summed E-state index contributed by atoms with van der Waals surface area (Å²) in [5, 5.41) is 5.54. The quantitative estimate of drug-likeness (QED) is 0.666. The molecule has 1 saturated heterocycles. The highest BCUT2D eigenvalue weighted by atomic mass is 16.2. The molecule has 1 aromatic rings. The van der Waals surface area contributed by atoms with Gasteiger partial charge in [-0.25, -0.2) is 0 Å². The Kier molecular flexibility index (Phi) is 4.01. The topological polar surface area (TPSA) is 87.5 Å². The molecule has 19 heavy (non-hydrogen) atoms. The van der Waals surface area contributed by atoms with Gasteiger partial charge in [0.15, 0.2) is 0 Å². The van der Waals surface area contributed by atoms with Gasteiger partial charge in [0.05, 0.1) is 13.1 Å². The largest absolute Gasteiger partial charge is 0.398 e. The molecular weight excluding hydrogens is 244 g/mol. The Morgan fingerprint density at radius 3 is 3.05 bits per heavy atom. The van der Waals surface area contributed by atoms with Crippen LogP contribution >= 0.6 is 0 Å². The van der Waals surface area contributed by atoms with E-state index in [4.69, 9.17) is 5.73 Å².